The van der Waals surface area contributed by atoms with Gasteiger partial charge in [-0.1, -0.05) is 0 Å². The Kier molecular flexibility index (Phi) is 6.68. The molecular weight excluding hydrogens is 395 g/mol. The first-order valence-electron chi connectivity index (χ1n) is 10.3. The van der Waals surface area contributed by atoms with Crippen molar-refractivity contribution in [1.29, 1.82) is 0 Å². The third kappa shape index (κ3) is 4.58. The van der Waals surface area contributed by atoms with Crippen molar-refractivity contribution in [2.24, 2.45) is 0 Å². The maximum atomic E-state index is 15.0. The molecule has 3 rings (SSSR count). The minimum Gasteiger partial charge on any atom is -0.495 e. The van der Waals surface area contributed by atoms with Gasteiger partial charge in [-0.15, -0.1) is 0 Å². The third-order valence-corrected chi connectivity index (χ3v) is 4.89. The number of methoxy groups -OCH3 is 2. The number of carbonyl (C=O) groups excluding carboxylic acids is 1. The first-order valence-corrected chi connectivity index (χ1v) is 10.3. The Labute approximate surface area is 182 Å². The zero-order valence-corrected chi connectivity index (χ0v) is 18.8. The van der Waals surface area contributed by atoms with E-state index < -0.39 is 0 Å². The Morgan fingerprint density at radius 3 is 2.03 bits per heavy atom. The molecule has 2 N–H and O–H groups in total. The quantitative estimate of drug-likeness (QED) is 0.517. The van der Waals surface area contributed by atoms with E-state index in [0.29, 0.717) is 28.2 Å². The number of fused-ring (bicyclic) bond motifs is 1. The number of rotatable bonds is 7. The van der Waals surface area contributed by atoms with E-state index >= 15 is 0 Å². The summed E-state index contributed by atoms with van der Waals surface area (Å²) in [6.07, 6.45) is 0. The number of benzene rings is 3. The molecule has 3 aromatic carbocycles. The summed E-state index contributed by atoms with van der Waals surface area (Å²) in [4.78, 5) is 12.6. The summed E-state index contributed by atoms with van der Waals surface area (Å²) in [5.41, 5.74) is 2.23. The number of carbonyl (C=O) groups is 1. The molecule has 0 unspecified atom stereocenters. The van der Waals surface area contributed by atoms with E-state index in [9.17, 15) is 9.18 Å². The molecule has 0 radical (unpaired) electrons. The van der Waals surface area contributed by atoms with Crippen molar-refractivity contribution in [2.45, 2.75) is 39.8 Å². The van der Waals surface area contributed by atoms with Gasteiger partial charge in [0.1, 0.15) is 17.3 Å². The third-order valence-electron chi connectivity index (χ3n) is 4.89. The highest BCUT2D eigenvalue weighted by Gasteiger charge is 2.20. The minimum absolute atomic E-state index is 0.000877. The maximum Gasteiger partial charge on any atom is 0.255 e. The van der Waals surface area contributed by atoms with Gasteiger partial charge in [-0.3, -0.25) is 4.79 Å². The van der Waals surface area contributed by atoms with Crippen molar-refractivity contribution in [3.8, 4) is 22.6 Å². The molecule has 3 aromatic rings. The lowest BCUT2D eigenvalue weighted by atomic mass is 9.96. The van der Waals surface area contributed by atoms with E-state index in [2.05, 4.69) is 10.6 Å². The van der Waals surface area contributed by atoms with Gasteiger partial charge in [0.25, 0.3) is 5.91 Å². The molecule has 0 aliphatic rings. The molecule has 0 saturated heterocycles. The Hall–Kier alpha value is -3.28. The van der Waals surface area contributed by atoms with Gasteiger partial charge in [0.2, 0.25) is 0 Å². The number of ether oxygens (including phenoxy) is 2. The fourth-order valence-electron chi connectivity index (χ4n) is 3.68. The highest BCUT2D eigenvalue weighted by Crippen LogP contribution is 2.42. The zero-order valence-electron chi connectivity index (χ0n) is 18.8. The summed E-state index contributed by atoms with van der Waals surface area (Å²) >= 11 is 0. The van der Waals surface area contributed by atoms with Crippen LogP contribution in [0.15, 0.2) is 42.5 Å². The van der Waals surface area contributed by atoms with E-state index in [4.69, 9.17) is 9.47 Å². The monoisotopic (exact) mass is 424 g/mol. The number of hydrogen-bond donors (Lipinski definition) is 2. The smallest absolute Gasteiger partial charge is 0.255 e. The van der Waals surface area contributed by atoms with Crippen LogP contribution in [0.1, 0.15) is 38.1 Å². The lowest BCUT2D eigenvalue weighted by Gasteiger charge is -2.18. The average molecular weight is 425 g/mol. The lowest BCUT2D eigenvalue weighted by molar-refractivity contribution is 0.0940. The highest BCUT2D eigenvalue weighted by molar-refractivity contribution is 6.07. The van der Waals surface area contributed by atoms with Crippen LogP contribution < -0.4 is 20.1 Å². The van der Waals surface area contributed by atoms with Crippen molar-refractivity contribution >= 4 is 22.4 Å². The van der Waals surface area contributed by atoms with E-state index in [0.717, 1.165) is 16.5 Å². The van der Waals surface area contributed by atoms with Crippen LogP contribution in [-0.2, 0) is 0 Å². The first-order chi connectivity index (χ1) is 14.8. The molecule has 0 saturated carbocycles. The summed E-state index contributed by atoms with van der Waals surface area (Å²) in [6, 6.07) is 12.4. The SMILES string of the molecule is COc1c(C(=O)NC(C)C)ccc2c(OC)c(-c3ccc(NC(C)C)cc3F)ccc12. The van der Waals surface area contributed by atoms with Crippen LogP contribution in [0.25, 0.3) is 21.9 Å². The molecule has 0 bridgehead atoms. The molecule has 0 aliphatic heterocycles. The van der Waals surface area contributed by atoms with Crippen LogP contribution in [0.2, 0.25) is 0 Å². The van der Waals surface area contributed by atoms with Crippen molar-refractivity contribution in [3.63, 3.8) is 0 Å². The maximum absolute atomic E-state index is 15.0. The van der Waals surface area contributed by atoms with Gasteiger partial charge in [-0.25, -0.2) is 4.39 Å². The van der Waals surface area contributed by atoms with E-state index in [1.807, 2.05) is 45.9 Å². The number of halogens is 1. The molecular formula is C25H29FN2O3. The topological polar surface area (TPSA) is 59.6 Å². The second-order valence-corrected chi connectivity index (χ2v) is 8.01. The molecule has 5 nitrogen and oxygen atoms in total. The molecule has 0 atom stereocenters. The molecule has 6 heteroatoms. The molecule has 0 spiro atoms. The van der Waals surface area contributed by atoms with Crippen molar-refractivity contribution in [2.75, 3.05) is 19.5 Å². The van der Waals surface area contributed by atoms with Gasteiger partial charge in [0.05, 0.1) is 19.8 Å². The van der Waals surface area contributed by atoms with Gasteiger partial charge in [0, 0.05) is 39.7 Å². The van der Waals surface area contributed by atoms with Crippen LogP contribution in [0.5, 0.6) is 11.5 Å². The zero-order chi connectivity index (χ0) is 22.7. The molecule has 1 amide bonds. The molecule has 0 fully saturated rings. The Morgan fingerprint density at radius 1 is 0.839 bits per heavy atom. The molecule has 0 aromatic heterocycles. The Balaban J connectivity index is 2.15. The standard InChI is InChI=1S/C25H29FN2O3/c1-14(2)27-16-7-8-17(22(26)13-16)18-9-10-20-19(23(18)30-5)11-12-21(24(20)31-6)25(29)28-15(3)4/h7-15,27H,1-6H3,(H,28,29). The fourth-order valence-corrected chi connectivity index (χ4v) is 3.68. The normalized spacial score (nSPS) is 11.1. The number of nitrogens with one attached hydrogen (secondary N) is 2. The van der Waals surface area contributed by atoms with Crippen LogP contribution in [-0.4, -0.2) is 32.2 Å². The summed E-state index contributed by atoms with van der Waals surface area (Å²) < 4.78 is 26.2. The van der Waals surface area contributed by atoms with Crippen LogP contribution >= 0.6 is 0 Å². The molecule has 164 valence electrons. The van der Waals surface area contributed by atoms with Gasteiger partial charge in [-0.2, -0.15) is 0 Å². The van der Waals surface area contributed by atoms with E-state index in [1.54, 1.807) is 25.3 Å². The number of hydrogen-bond acceptors (Lipinski definition) is 4. The predicted molar refractivity (Wildman–Crippen MR) is 124 cm³/mol. The van der Waals surface area contributed by atoms with Crippen molar-refractivity contribution in [3.05, 3.63) is 53.8 Å². The summed E-state index contributed by atoms with van der Waals surface area (Å²) in [5, 5.41) is 7.54. The molecule has 0 aliphatic carbocycles. The van der Waals surface area contributed by atoms with Crippen LogP contribution in [0.3, 0.4) is 0 Å². The van der Waals surface area contributed by atoms with Gasteiger partial charge in [0.15, 0.2) is 0 Å². The van der Waals surface area contributed by atoms with E-state index in [1.165, 1.54) is 13.2 Å². The highest BCUT2D eigenvalue weighted by atomic mass is 19.1. The first kappa shape index (κ1) is 22.4. The lowest BCUT2D eigenvalue weighted by Crippen LogP contribution is -2.30. The largest absolute Gasteiger partial charge is 0.495 e. The summed E-state index contributed by atoms with van der Waals surface area (Å²) in [5.74, 6) is 0.423. The average Bonchev–Trinajstić information content (AvgIpc) is 2.71. The van der Waals surface area contributed by atoms with Gasteiger partial charge in [-0.05, 0) is 70.2 Å². The predicted octanol–water partition coefficient (Wildman–Crippen LogP) is 5.62. The van der Waals surface area contributed by atoms with E-state index in [-0.39, 0.29) is 23.8 Å². The minimum atomic E-state index is -0.344. The molecule has 0 heterocycles. The Morgan fingerprint density at radius 2 is 1.45 bits per heavy atom. The van der Waals surface area contributed by atoms with Crippen molar-refractivity contribution < 1.29 is 18.7 Å². The fraction of sp³-hybridized carbons (Fsp3) is 0.320. The number of amides is 1. The molecule has 31 heavy (non-hydrogen) atoms. The van der Waals surface area contributed by atoms with Crippen LogP contribution in [0.4, 0.5) is 10.1 Å². The summed E-state index contributed by atoms with van der Waals surface area (Å²) in [7, 11) is 3.08. The Bertz CT molecular complexity index is 1110. The second kappa shape index (κ2) is 9.25. The number of anilines is 1. The second-order valence-electron chi connectivity index (χ2n) is 8.01. The van der Waals surface area contributed by atoms with Gasteiger partial charge < -0.3 is 20.1 Å². The van der Waals surface area contributed by atoms with Gasteiger partial charge >= 0.3 is 0 Å². The van der Waals surface area contributed by atoms with Crippen molar-refractivity contribution in [1.82, 2.24) is 5.32 Å². The van der Waals surface area contributed by atoms with Crippen LogP contribution in [0, 0.1) is 5.82 Å². The summed E-state index contributed by atoms with van der Waals surface area (Å²) in [6.45, 7) is 7.80.